The number of nitrogens with zero attached hydrogens (tertiary/aromatic N) is 3. The normalized spacial score (nSPS) is 18.9. The number of hydrogen-bond acceptors (Lipinski definition) is 4. The minimum absolute atomic E-state index is 0.716. The summed E-state index contributed by atoms with van der Waals surface area (Å²) >= 11 is 0. The SMILES string of the molecule is CCNc1ncccc1CN1CCN(C(C)CC)CC1. The lowest BCUT2D eigenvalue weighted by Crippen LogP contribution is -2.49. The van der Waals surface area contributed by atoms with Gasteiger partial charge >= 0.3 is 0 Å². The van der Waals surface area contributed by atoms with E-state index in [0.29, 0.717) is 6.04 Å². The summed E-state index contributed by atoms with van der Waals surface area (Å²) in [4.78, 5) is 9.58. The second-order valence-corrected chi connectivity index (χ2v) is 5.61. The zero-order valence-corrected chi connectivity index (χ0v) is 13.1. The summed E-state index contributed by atoms with van der Waals surface area (Å²) in [5.74, 6) is 1.04. The van der Waals surface area contributed by atoms with Gasteiger partial charge in [-0.25, -0.2) is 4.98 Å². The molecule has 1 aliphatic heterocycles. The molecule has 1 saturated heterocycles. The molecule has 20 heavy (non-hydrogen) atoms. The van der Waals surface area contributed by atoms with Crippen molar-refractivity contribution in [1.29, 1.82) is 0 Å². The Balaban J connectivity index is 1.89. The van der Waals surface area contributed by atoms with Crippen molar-refractivity contribution >= 4 is 5.82 Å². The molecule has 1 atom stereocenters. The van der Waals surface area contributed by atoms with Crippen LogP contribution < -0.4 is 5.32 Å². The third-order valence-electron chi connectivity index (χ3n) is 4.25. The average Bonchev–Trinajstić information content (AvgIpc) is 2.49. The van der Waals surface area contributed by atoms with Crippen molar-refractivity contribution in [3.05, 3.63) is 23.9 Å². The van der Waals surface area contributed by atoms with Crippen LogP contribution in [0.4, 0.5) is 5.82 Å². The molecule has 0 aliphatic carbocycles. The summed E-state index contributed by atoms with van der Waals surface area (Å²) in [6.07, 6.45) is 3.11. The first-order valence-corrected chi connectivity index (χ1v) is 7.88. The first-order chi connectivity index (χ1) is 9.74. The number of pyridine rings is 1. The molecule has 0 aromatic carbocycles. The van der Waals surface area contributed by atoms with E-state index < -0.39 is 0 Å². The van der Waals surface area contributed by atoms with Crippen LogP contribution in [0.2, 0.25) is 0 Å². The lowest BCUT2D eigenvalue weighted by Gasteiger charge is -2.38. The van der Waals surface area contributed by atoms with E-state index in [9.17, 15) is 0 Å². The summed E-state index contributed by atoms with van der Waals surface area (Å²) in [5, 5.41) is 3.35. The van der Waals surface area contributed by atoms with Gasteiger partial charge in [-0.15, -0.1) is 0 Å². The van der Waals surface area contributed by atoms with Gasteiger partial charge in [-0.3, -0.25) is 9.80 Å². The molecule has 2 heterocycles. The summed E-state index contributed by atoms with van der Waals surface area (Å²) < 4.78 is 0. The van der Waals surface area contributed by atoms with Crippen LogP contribution in [0.25, 0.3) is 0 Å². The van der Waals surface area contributed by atoms with Gasteiger partial charge in [0.2, 0.25) is 0 Å². The van der Waals surface area contributed by atoms with Crippen LogP contribution in [0, 0.1) is 0 Å². The van der Waals surface area contributed by atoms with Crippen molar-refractivity contribution in [3.8, 4) is 0 Å². The van der Waals surface area contributed by atoms with Crippen molar-refractivity contribution in [2.75, 3.05) is 38.0 Å². The van der Waals surface area contributed by atoms with E-state index in [1.54, 1.807) is 0 Å². The fourth-order valence-electron chi connectivity index (χ4n) is 2.75. The lowest BCUT2D eigenvalue weighted by atomic mass is 10.1. The molecule has 1 N–H and O–H groups in total. The van der Waals surface area contributed by atoms with Crippen molar-refractivity contribution in [2.45, 2.75) is 39.8 Å². The number of rotatable bonds is 6. The topological polar surface area (TPSA) is 31.4 Å². The Kier molecular flexibility index (Phi) is 5.80. The molecule has 0 saturated carbocycles. The highest BCUT2D eigenvalue weighted by Gasteiger charge is 2.20. The van der Waals surface area contributed by atoms with Crippen LogP contribution in [0.3, 0.4) is 0 Å². The van der Waals surface area contributed by atoms with E-state index in [-0.39, 0.29) is 0 Å². The molecule has 0 bridgehead atoms. The van der Waals surface area contributed by atoms with E-state index in [0.717, 1.165) is 32.0 Å². The molecule has 1 aliphatic rings. The van der Waals surface area contributed by atoms with Crippen LogP contribution >= 0.6 is 0 Å². The van der Waals surface area contributed by atoms with E-state index >= 15 is 0 Å². The van der Waals surface area contributed by atoms with Crippen molar-refractivity contribution in [2.24, 2.45) is 0 Å². The van der Waals surface area contributed by atoms with Gasteiger partial charge in [0.1, 0.15) is 5.82 Å². The van der Waals surface area contributed by atoms with Crippen LogP contribution in [-0.2, 0) is 6.54 Å². The van der Waals surface area contributed by atoms with Gasteiger partial charge in [0.05, 0.1) is 0 Å². The van der Waals surface area contributed by atoms with Gasteiger partial charge in [0.15, 0.2) is 0 Å². The maximum absolute atomic E-state index is 4.44. The molecule has 2 rings (SSSR count). The molecule has 1 unspecified atom stereocenters. The second kappa shape index (κ2) is 7.60. The largest absolute Gasteiger partial charge is 0.370 e. The Hall–Kier alpha value is -1.13. The van der Waals surface area contributed by atoms with E-state index in [2.05, 4.69) is 46.9 Å². The summed E-state index contributed by atoms with van der Waals surface area (Å²) in [6, 6.07) is 4.94. The molecule has 0 radical (unpaired) electrons. The maximum atomic E-state index is 4.44. The minimum atomic E-state index is 0.716. The third-order valence-corrected chi connectivity index (χ3v) is 4.25. The van der Waals surface area contributed by atoms with Gasteiger partial charge in [-0.1, -0.05) is 13.0 Å². The summed E-state index contributed by atoms with van der Waals surface area (Å²) in [5.41, 5.74) is 1.31. The Morgan fingerprint density at radius 3 is 2.65 bits per heavy atom. The van der Waals surface area contributed by atoms with Gasteiger partial charge in [-0.2, -0.15) is 0 Å². The Bertz CT molecular complexity index is 399. The quantitative estimate of drug-likeness (QED) is 0.864. The minimum Gasteiger partial charge on any atom is -0.370 e. The molecule has 1 aromatic rings. The van der Waals surface area contributed by atoms with E-state index in [4.69, 9.17) is 0 Å². The molecule has 0 amide bonds. The summed E-state index contributed by atoms with van der Waals surface area (Å²) in [6.45, 7) is 13.3. The number of aromatic nitrogens is 1. The number of piperazine rings is 1. The van der Waals surface area contributed by atoms with Crippen LogP contribution in [0.15, 0.2) is 18.3 Å². The average molecular weight is 276 g/mol. The highest BCUT2D eigenvalue weighted by Crippen LogP contribution is 2.16. The standard InChI is InChI=1S/C16H28N4/c1-4-14(3)20-11-9-19(10-12-20)13-15-7-6-8-18-16(15)17-5-2/h6-8,14H,4-5,9-13H2,1-3H3,(H,17,18). The fourth-order valence-corrected chi connectivity index (χ4v) is 2.75. The zero-order valence-electron chi connectivity index (χ0n) is 13.1. The number of anilines is 1. The Morgan fingerprint density at radius 2 is 2.00 bits per heavy atom. The van der Waals surface area contributed by atoms with Crippen LogP contribution in [0.5, 0.6) is 0 Å². The highest BCUT2D eigenvalue weighted by molar-refractivity contribution is 5.43. The molecule has 4 heteroatoms. The van der Waals surface area contributed by atoms with Gasteiger partial charge in [0.25, 0.3) is 0 Å². The number of hydrogen-bond donors (Lipinski definition) is 1. The van der Waals surface area contributed by atoms with Gasteiger partial charge in [0, 0.05) is 57.1 Å². The Labute approximate surface area is 123 Å². The Morgan fingerprint density at radius 1 is 1.25 bits per heavy atom. The van der Waals surface area contributed by atoms with E-state index in [1.165, 1.54) is 25.1 Å². The second-order valence-electron chi connectivity index (χ2n) is 5.61. The van der Waals surface area contributed by atoms with E-state index in [1.807, 2.05) is 12.3 Å². The summed E-state index contributed by atoms with van der Waals surface area (Å²) in [7, 11) is 0. The lowest BCUT2D eigenvalue weighted by molar-refractivity contribution is 0.0964. The van der Waals surface area contributed by atoms with Crippen LogP contribution in [-0.4, -0.2) is 53.5 Å². The molecule has 1 fully saturated rings. The number of nitrogens with one attached hydrogen (secondary N) is 1. The molecule has 0 spiro atoms. The monoisotopic (exact) mass is 276 g/mol. The maximum Gasteiger partial charge on any atom is 0.130 e. The van der Waals surface area contributed by atoms with Crippen molar-refractivity contribution < 1.29 is 0 Å². The zero-order chi connectivity index (χ0) is 14.4. The molecule has 1 aromatic heterocycles. The first-order valence-electron chi connectivity index (χ1n) is 7.88. The predicted molar refractivity (Wildman–Crippen MR) is 85.0 cm³/mol. The molecule has 4 nitrogen and oxygen atoms in total. The third kappa shape index (κ3) is 3.93. The predicted octanol–water partition coefficient (Wildman–Crippen LogP) is 2.43. The van der Waals surface area contributed by atoms with Gasteiger partial charge < -0.3 is 5.32 Å². The van der Waals surface area contributed by atoms with Crippen LogP contribution in [0.1, 0.15) is 32.8 Å². The fraction of sp³-hybridized carbons (Fsp3) is 0.688. The van der Waals surface area contributed by atoms with Crippen molar-refractivity contribution in [3.63, 3.8) is 0 Å². The molecular weight excluding hydrogens is 248 g/mol. The highest BCUT2D eigenvalue weighted by atomic mass is 15.3. The molecular formula is C16H28N4. The van der Waals surface area contributed by atoms with Gasteiger partial charge in [-0.05, 0) is 26.3 Å². The van der Waals surface area contributed by atoms with Crippen molar-refractivity contribution in [1.82, 2.24) is 14.8 Å². The first kappa shape index (κ1) is 15.3. The smallest absolute Gasteiger partial charge is 0.130 e. The molecule has 112 valence electrons.